The molecule has 1 saturated heterocycles. The monoisotopic (exact) mass is 407 g/mol. The predicted molar refractivity (Wildman–Crippen MR) is 115 cm³/mol. The van der Waals surface area contributed by atoms with Crippen LogP contribution < -0.4 is 15.5 Å². The second kappa shape index (κ2) is 9.45. The van der Waals surface area contributed by atoms with E-state index in [9.17, 15) is 4.79 Å². The number of aryl methyl sites for hydroxylation is 1. The predicted octanol–water partition coefficient (Wildman–Crippen LogP) is 3.97. The van der Waals surface area contributed by atoms with E-state index in [2.05, 4.69) is 45.9 Å². The zero-order valence-corrected chi connectivity index (χ0v) is 17.2. The van der Waals surface area contributed by atoms with Crippen LogP contribution in [0.25, 0.3) is 0 Å². The molecule has 0 radical (unpaired) electrons. The summed E-state index contributed by atoms with van der Waals surface area (Å²) in [6.07, 6.45) is 2.41. The fourth-order valence-corrected chi connectivity index (χ4v) is 3.80. The Morgan fingerprint density at radius 2 is 1.78 bits per heavy atom. The normalized spacial score (nSPS) is 14.9. The van der Waals surface area contributed by atoms with Crippen LogP contribution in [0.3, 0.4) is 0 Å². The number of hydrogen-bond donors (Lipinski definition) is 2. The third kappa shape index (κ3) is 4.75. The molecular formula is C21H27Cl2N3O. The number of carbonyl (C=O) groups is 1. The molecule has 2 aromatic rings. The van der Waals surface area contributed by atoms with E-state index in [0.29, 0.717) is 6.54 Å². The summed E-state index contributed by atoms with van der Waals surface area (Å²) < 4.78 is 0. The van der Waals surface area contributed by atoms with Crippen LogP contribution in [-0.4, -0.2) is 19.0 Å². The number of hydrogen-bond acceptors (Lipinski definition) is 3. The molecule has 1 amide bonds. The largest absolute Gasteiger partial charge is 0.371 e. The molecule has 2 heterocycles. The summed E-state index contributed by atoms with van der Waals surface area (Å²) in [7, 11) is 0. The summed E-state index contributed by atoms with van der Waals surface area (Å²) in [6.45, 7) is 6.57. The van der Waals surface area contributed by atoms with Crippen LogP contribution in [0.2, 0.25) is 0 Å². The summed E-state index contributed by atoms with van der Waals surface area (Å²) in [4.78, 5) is 15.2. The first-order valence-corrected chi connectivity index (χ1v) is 9.16. The minimum Gasteiger partial charge on any atom is -0.371 e. The van der Waals surface area contributed by atoms with E-state index in [4.69, 9.17) is 0 Å². The summed E-state index contributed by atoms with van der Waals surface area (Å²) >= 11 is 0. The Balaban J connectivity index is 0.00000131. The van der Waals surface area contributed by atoms with E-state index in [-0.39, 0.29) is 30.7 Å². The van der Waals surface area contributed by atoms with Crippen molar-refractivity contribution in [2.75, 3.05) is 18.0 Å². The lowest BCUT2D eigenvalue weighted by molar-refractivity contribution is 0.0951. The molecule has 27 heavy (non-hydrogen) atoms. The molecule has 1 fully saturated rings. The van der Waals surface area contributed by atoms with E-state index in [1.165, 1.54) is 24.0 Å². The molecule has 2 aromatic carbocycles. The van der Waals surface area contributed by atoms with E-state index < -0.39 is 0 Å². The van der Waals surface area contributed by atoms with Crippen molar-refractivity contribution in [1.82, 2.24) is 10.6 Å². The van der Waals surface area contributed by atoms with E-state index in [0.717, 1.165) is 48.6 Å². The van der Waals surface area contributed by atoms with Gasteiger partial charge < -0.3 is 15.5 Å². The summed E-state index contributed by atoms with van der Waals surface area (Å²) in [6, 6.07) is 12.7. The molecule has 0 spiro atoms. The Hall–Kier alpha value is -1.75. The van der Waals surface area contributed by atoms with Crippen LogP contribution in [0, 0.1) is 6.92 Å². The summed E-state index contributed by atoms with van der Waals surface area (Å²) in [5, 5.41) is 6.47. The fraction of sp³-hybridized carbons (Fsp3) is 0.381. The van der Waals surface area contributed by atoms with Gasteiger partial charge in [-0.25, -0.2) is 0 Å². The highest BCUT2D eigenvalue weighted by atomic mass is 35.5. The Bertz CT molecular complexity index is 804. The van der Waals surface area contributed by atoms with Gasteiger partial charge in [0.15, 0.2) is 0 Å². The van der Waals surface area contributed by atoms with Gasteiger partial charge in [0.25, 0.3) is 5.91 Å². The highest BCUT2D eigenvalue weighted by molar-refractivity contribution is 6.00. The second-order valence-electron chi connectivity index (χ2n) is 7.10. The topological polar surface area (TPSA) is 44.4 Å². The van der Waals surface area contributed by atoms with E-state index in [1.54, 1.807) is 0 Å². The average molecular weight is 408 g/mol. The number of rotatable bonds is 4. The van der Waals surface area contributed by atoms with Crippen molar-refractivity contribution in [3.63, 3.8) is 0 Å². The van der Waals surface area contributed by atoms with Gasteiger partial charge in [0.1, 0.15) is 0 Å². The molecule has 0 bridgehead atoms. The maximum atomic E-state index is 12.8. The van der Waals surface area contributed by atoms with Crippen molar-refractivity contribution in [1.29, 1.82) is 0 Å². The zero-order chi connectivity index (χ0) is 17.2. The zero-order valence-electron chi connectivity index (χ0n) is 15.6. The standard InChI is InChI=1S/C21H25N3O.2ClH/c1-15-4-7-20(24-8-2-3-9-24)19(10-15)21(25)23-12-16-5-6-17-13-22-14-18(17)11-16;;/h4-7,10-11,22H,2-3,8-9,12-14H2,1H3,(H,23,25);2*1H. The van der Waals surface area contributed by atoms with Crippen LogP contribution in [0.4, 0.5) is 5.69 Å². The van der Waals surface area contributed by atoms with Gasteiger partial charge in [0, 0.05) is 38.4 Å². The quantitative estimate of drug-likeness (QED) is 0.805. The fourth-order valence-electron chi connectivity index (χ4n) is 3.80. The number of halogens is 2. The molecule has 0 saturated carbocycles. The number of nitrogens with one attached hydrogen (secondary N) is 2. The Labute approximate surface area is 173 Å². The summed E-state index contributed by atoms with van der Waals surface area (Å²) in [5.41, 5.74) is 6.86. The van der Waals surface area contributed by atoms with E-state index in [1.807, 2.05) is 13.0 Å². The third-order valence-electron chi connectivity index (χ3n) is 5.20. The highest BCUT2D eigenvalue weighted by Crippen LogP contribution is 2.26. The number of nitrogens with zero attached hydrogens (tertiary/aromatic N) is 1. The van der Waals surface area contributed by atoms with Gasteiger partial charge in [-0.1, -0.05) is 29.8 Å². The lowest BCUT2D eigenvalue weighted by Crippen LogP contribution is -2.27. The van der Waals surface area contributed by atoms with Gasteiger partial charge in [-0.05, 0) is 48.6 Å². The molecule has 4 rings (SSSR count). The smallest absolute Gasteiger partial charge is 0.253 e. The number of fused-ring (bicyclic) bond motifs is 1. The van der Waals surface area contributed by atoms with Gasteiger partial charge >= 0.3 is 0 Å². The van der Waals surface area contributed by atoms with Crippen molar-refractivity contribution < 1.29 is 4.79 Å². The minimum absolute atomic E-state index is 0. The van der Waals surface area contributed by atoms with Crippen LogP contribution in [0.5, 0.6) is 0 Å². The van der Waals surface area contributed by atoms with Crippen molar-refractivity contribution in [3.05, 3.63) is 64.2 Å². The summed E-state index contributed by atoms with van der Waals surface area (Å²) in [5.74, 6) is 0.0178. The SMILES string of the molecule is Cc1ccc(N2CCCC2)c(C(=O)NCc2ccc3c(c2)CNC3)c1.Cl.Cl. The molecule has 0 aromatic heterocycles. The molecule has 0 aliphatic carbocycles. The molecule has 6 heteroatoms. The van der Waals surface area contributed by atoms with Gasteiger partial charge in [-0.2, -0.15) is 0 Å². The minimum atomic E-state index is 0. The van der Waals surface area contributed by atoms with Gasteiger partial charge in [0.05, 0.1) is 5.56 Å². The lowest BCUT2D eigenvalue weighted by atomic mass is 10.1. The van der Waals surface area contributed by atoms with E-state index >= 15 is 0 Å². The lowest BCUT2D eigenvalue weighted by Gasteiger charge is -2.21. The first-order valence-electron chi connectivity index (χ1n) is 9.16. The van der Waals surface area contributed by atoms with Crippen LogP contribution >= 0.6 is 24.8 Å². The first-order chi connectivity index (χ1) is 12.2. The number of anilines is 1. The van der Waals surface area contributed by atoms with Crippen LogP contribution in [0.1, 0.15) is 45.5 Å². The number of benzene rings is 2. The molecule has 4 nitrogen and oxygen atoms in total. The number of amides is 1. The first kappa shape index (κ1) is 21.5. The van der Waals surface area contributed by atoms with Crippen molar-refractivity contribution >= 4 is 36.4 Å². The molecular weight excluding hydrogens is 381 g/mol. The maximum absolute atomic E-state index is 12.8. The van der Waals surface area contributed by atoms with Gasteiger partial charge in [0.2, 0.25) is 0 Å². The Morgan fingerprint density at radius 3 is 2.56 bits per heavy atom. The average Bonchev–Trinajstić information content (AvgIpc) is 3.30. The number of carbonyl (C=O) groups excluding carboxylic acids is 1. The van der Waals surface area contributed by atoms with Gasteiger partial charge in [-0.15, -0.1) is 24.8 Å². The second-order valence-corrected chi connectivity index (χ2v) is 7.10. The highest BCUT2D eigenvalue weighted by Gasteiger charge is 2.19. The molecule has 146 valence electrons. The molecule has 2 N–H and O–H groups in total. The Kier molecular flexibility index (Phi) is 7.54. The molecule has 0 atom stereocenters. The van der Waals surface area contributed by atoms with Crippen LogP contribution in [0.15, 0.2) is 36.4 Å². The van der Waals surface area contributed by atoms with Crippen LogP contribution in [-0.2, 0) is 19.6 Å². The van der Waals surface area contributed by atoms with Crippen molar-refractivity contribution in [2.24, 2.45) is 0 Å². The van der Waals surface area contributed by atoms with Crippen molar-refractivity contribution in [3.8, 4) is 0 Å². The Morgan fingerprint density at radius 1 is 1.04 bits per heavy atom. The van der Waals surface area contributed by atoms with Crippen molar-refractivity contribution in [2.45, 2.75) is 39.4 Å². The molecule has 0 unspecified atom stereocenters. The third-order valence-corrected chi connectivity index (χ3v) is 5.20. The van der Waals surface area contributed by atoms with Gasteiger partial charge in [-0.3, -0.25) is 4.79 Å². The molecule has 2 aliphatic rings. The maximum Gasteiger partial charge on any atom is 0.253 e. The molecule has 2 aliphatic heterocycles.